The van der Waals surface area contributed by atoms with E-state index in [4.69, 9.17) is 11.6 Å². The number of H-pyrrole nitrogens is 1. The number of amides is 1. The van der Waals surface area contributed by atoms with Gasteiger partial charge in [-0.05, 0) is 36.1 Å². The molecule has 0 saturated carbocycles. The lowest BCUT2D eigenvalue weighted by atomic mass is 10.0. The van der Waals surface area contributed by atoms with Crippen LogP contribution < -0.4 is 5.32 Å². The summed E-state index contributed by atoms with van der Waals surface area (Å²) >= 11 is 6.36. The Hall–Kier alpha value is -2.92. The largest absolute Gasteiger partial charge is 0.319 e. The molecule has 0 saturated heterocycles. The number of hydrogen-bond acceptors (Lipinski definition) is 3. The molecule has 6 heteroatoms. The quantitative estimate of drug-likeness (QED) is 0.572. The van der Waals surface area contributed by atoms with E-state index in [1.165, 1.54) is 0 Å². The fraction of sp³-hybridized carbons (Fsp3) is 0.0556. The molecule has 2 heterocycles. The zero-order valence-corrected chi connectivity index (χ0v) is 13.6. The molecule has 2 aromatic carbocycles. The number of carbonyl (C=O) groups excluding carboxylic acids is 1. The topological polar surface area (TPSA) is 70.7 Å². The highest BCUT2D eigenvalue weighted by Crippen LogP contribution is 2.30. The molecule has 2 aromatic heterocycles. The number of benzene rings is 2. The first-order valence-electron chi connectivity index (χ1n) is 7.42. The molecule has 2 N–H and O–H groups in total. The summed E-state index contributed by atoms with van der Waals surface area (Å²) in [5.74, 6) is -0.295. The lowest BCUT2D eigenvalue weighted by Gasteiger charge is -2.10. The minimum atomic E-state index is -0.295. The molecule has 4 rings (SSSR count). The Morgan fingerprint density at radius 3 is 2.88 bits per heavy atom. The van der Waals surface area contributed by atoms with Crippen LogP contribution in [0.1, 0.15) is 16.1 Å². The number of carbonyl (C=O) groups is 1. The summed E-state index contributed by atoms with van der Waals surface area (Å²) < 4.78 is 0. The second-order valence-electron chi connectivity index (χ2n) is 5.54. The number of aromatic amines is 1. The number of aromatic nitrogens is 3. The van der Waals surface area contributed by atoms with Crippen LogP contribution in [-0.4, -0.2) is 21.1 Å². The van der Waals surface area contributed by atoms with Crippen LogP contribution in [0.2, 0.25) is 5.02 Å². The Kier molecular flexibility index (Phi) is 3.43. The van der Waals surface area contributed by atoms with E-state index in [0.29, 0.717) is 16.4 Å². The summed E-state index contributed by atoms with van der Waals surface area (Å²) in [6, 6.07) is 11.3. The summed E-state index contributed by atoms with van der Waals surface area (Å²) in [4.78, 5) is 17.0. The van der Waals surface area contributed by atoms with Crippen molar-refractivity contribution in [2.75, 3.05) is 5.32 Å². The van der Waals surface area contributed by atoms with Gasteiger partial charge in [-0.15, -0.1) is 0 Å². The van der Waals surface area contributed by atoms with Crippen LogP contribution in [0.5, 0.6) is 0 Å². The number of hydrogen-bond donors (Lipinski definition) is 2. The van der Waals surface area contributed by atoms with Crippen molar-refractivity contribution < 1.29 is 4.79 Å². The number of pyridine rings is 1. The normalized spacial score (nSPS) is 11.1. The second kappa shape index (κ2) is 5.62. The Balaban J connectivity index is 1.76. The molecule has 4 aromatic rings. The van der Waals surface area contributed by atoms with Crippen molar-refractivity contribution in [2.24, 2.45) is 0 Å². The molecule has 1 amide bonds. The van der Waals surface area contributed by atoms with E-state index in [9.17, 15) is 4.79 Å². The van der Waals surface area contributed by atoms with Crippen LogP contribution in [0.4, 0.5) is 5.69 Å². The number of nitrogens with zero attached hydrogens (tertiary/aromatic N) is 2. The first kappa shape index (κ1) is 14.7. The van der Waals surface area contributed by atoms with E-state index in [2.05, 4.69) is 20.5 Å². The van der Waals surface area contributed by atoms with Gasteiger partial charge in [0.1, 0.15) is 5.69 Å². The van der Waals surface area contributed by atoms with Crippen LogP contribution in [0.25, 0.3) is 21.7 Å². The van der Waals surface area contributed by atoms with Crippen molar-refractivity contribution in [1.82, 2.24) is 15.2 Å². The zero-order valence-electron chi connectivity index (χ0n) is 12.8. The van der Waals surface area contributed by atoms with Crippen molar-refractivity contribution in [3.05, 3.63) is 65.1 Å². The van der Waals surface area contributed by atoms with Gasteiger partial charge < -0.3 is 5.32 Å². The molecule has 0 spiro atoms. The van der Waals surface area contributed by atoms with Crippen LogP contribution >= 0.6 is 11.6 Å². The number of fused-ring (bicyclic) bond motifs is 2. The van der Waals surface area contributed by atoms with Gasteiger partial charge in [-0.1, -0.05) is 29.8 Å². The van der Waals surface area contributed by atoms with Gasteiger partial charge in [0.15, 0.2) is 0 Å². The van der Waals surface area contributed by atoms with Gasteiger partial charge in [0.25, 0.3) is 5.91 Å². The van der Waals surface area contributed by atoms with E-state index in [1.807, 2.05) is 37.3 Å². The lowest BCUT2D eigenvalue weighted by molar-refractivity contribution is 0.102. The second-order valence-corrected chi connectivity index (χ2v) is 5.92. The zero-order chi connectivity index (χ0) is 16.7. The fourth-order valence-electron chi connectivity index (χ4n) is 2.81. The standard InChI is InChI=1S/C18H13ClN4O/c1-10-3-2-4-12-11(10)7-8-20-17(12)18(24)22-15-6-5-14-13(16(15)19)9-21-23-14/h2-9H,1H3,(H,21,23)(H,22,24). The van der Waals surface area contributed by atoms with Gasteiger partial charge in [-0.3, -0.25) is 14.9 Å². The van der Waals surface area contributed by atoms with Crippen molar-refractivity contribution in [3.8, 4) is 0 Å². The first-order valence-corrected chi connectivity index (χ1v) is 7.80. The summed E-state index contributed by atoms with van der Waals surface area (Å²) in [6.07, 6.45) is 3.28. The van der Waals surface area contributed by atoms with E-state index in [1.54, 1.807) is 18.5 Å². The first-order chi connectivity index (χ1) is 11.6. The van der Waals surface area contributed by atoms with Crippen LogP contribution in [0, 0.1) is 6.92 Å². The Labute approximate surface area is 142 Å². The summed E-state index contributed by atoms with van der Waals surface area (Å²) in [5.41, 5.74) is 2.82. The predicted octanol–water partition coefficient (Wildman–Crippen LogP) is 4.33. The van der Waals surface area contributed by atoms with Crippen molar-refractivity contribution in [3.63, 3.8) is 0 Å². The van der Waals surface area contributed by atoms with Crippen molar-refractivity contribution in [1.29, 1.82) is 0 Å². The third-order valence-electron chi connectivity index (χ3n) is 4.05. The summed E-state index contributed by atoms with van der Waals surface area (Å²) in [5, 5.41) is 12.7. The molecule has 0 fully saturated rings. The lowest BCUT2D eigenvalue weighted by Crippen LogP contribution is -2.14. The monoisotopic (exact) mass is 336 g/mol. The molecule has 0 bridgehead atoms. The third kappa shape index (κ3) is 2.30. The highest BCUT2D eigenvalue weighted by atomic mass is 35.5. The maximum Gasteiger partial charge on any atom is 0.274 e. The maximum absolute atomic E-state index is 12.7. The highest BCUT2D eigenvalue weighted by Gasteiger charge is 2.15. The molecule has 0 radical (unpaired) electrons. The van der Waals surface area contributed by atoms with Crippen LogP contribution in [0.15, 0.2) is 48.8 Å². The van der Waals surface area contributed by atoms with Gasteiger partial charge >= 0.3 is 0 Å². The average molecular weight is 337 g/mol. The molecule has 24 heavy (non-hydrogen) atoms. The fourth-order valence-corrected chi connectivity index (χ4v) is 3.07. The summed E-state index contributed by atoms with van der Waals surface area (Å²) in [6.45, 7) is 2.01. The number of nitrogens with one attached hydrogen (secondary N) is 2. The molecule has 0 aliphatic rings. The SMILES string of the molecule is Cc1cccc2c(C(=O)Nc3ccc4[nH]ncc4c3Cl)nccc12. The van der Waals surface area contributed by atoms with Crippen LogP contribution in [-0.2, 0) is 0 Å². The number of aryl methyl sites for hydroxylation is 1. The molecular weight excluding hydrogens is 324 g/mol. The van der Waals surface area contributed by atoms with Gasteiger partial charge in [-0.25, -0.2) is 0 Å². The minimum Gasteiger partial charge on any atom is -0.319 e. The number of halogens is 1. The van der Waals surface area contributed by atoms with E-state index in [-0.39, 0.29) is 5.91 Å². The van der Waals surface area contributed by atoms with Crippen molar-refractivity contribution in [2.45, 2.75) is 6.92 Å². The van der Waals surface area contributed by atoms with Gasteiger partial charge in [0.05, 0.1) is 22.4 Å². The van der Waals surface area contributed by atoms with Crippen LogP contribution in [0.3, 0.4) is 0 Å². The highest BCUT2D eigenvalue weighted by molar-refractivity contribution is 6.38. The Morgan fingerprint density at radius 1 is 1.12 bits per heavy atom. The molecule has 0 atom stereocenters. The molecule has 0 aliphatic carbocycles. The van der Waals surface area contributed by atoms with Crippen molar-refractivity contribution >= 4 is 44.9 Å². The molecule has 118 valence electrons. The minimum absolute atomic E-state index is 0.295. The Morgan fingerprint density at radius 2 is 2.00 bits per heavy atom. The van der Waals surface area contributed by atoms with Gasteiger partial charge in [0.2, 0.25) is 0 Å². The van der Waals surface area contributed by atoms with E-state index >= 15 is 0 Å². The van der Waals surface area contributed by atoms with E-state index in [0.717, 1.165) is 27.2 Å². The average Bonchev–Trinajstić information content (AvgIpc) is 3.07. The molecule has 0 aliphatic heterocycles. The molecular formula is C18H13ClN4O. The van der Waals surface area contributed by atoms with Gasteiger partial charge in [-0.2, -0.15) is 5.10 Å². The number of anilines is 1. The number of rotatable bonds is 2. The smallest absolute Gasteiger partial charge is 0.274 e. The predicted molar refractivity (Wildman–Crippen MR) is 95.5 cm³/mol. The summed E-state index contributed by atoms with van der Waals surface area (Å²) in [7, 11) is 0. The van der Waals surface area contributed by atoms with Gasteiger partial charge in [0, 0.05) is 17.0 Å². The maximum atomic E-state index is 12.7. The van der Waals surface area contributed by atoms with E-state index < -0.39 is 0 Å². The molecule has 0 unspecified atom stereocenters. The molecule has 5 nitrogen and oxygen atoms in total. The Bertz CT molecular complexity index is 1090. The third-order valence-corrected chi connectivity index (χ3v) is 4.45.